The quantitative estimate of drug-likeness (QED) is 0.822. The lowest BCUT2D eigenvalue weighted by molar-refractivity contribution is -0.114. The normalized spacial score (nSPS) is 10.1. The lowest BCUT2D eigenvalue weighted by atomic mass is 10.1. The number of hydrogen-bond acceptors (Lipinski definition) is 3. The number of hydrogen-bond donors (Lipinski definition) is 2. The Morgan fingerprint density at radius 2 is 1.77 bits per heavy atom. The number of anilines is 2. The number of aryl methyl sites for hydroxylation is 1. The molecule has 0 aliphatic rings. The number of benzene rings is 2. The van der Waals surface area contributed by atoms with E-state index >= 15 is 0 Å². The van der Waals surface area contributed by atoms with Crippen molar-refractivity contribution in [1.82, 2.24) is 0 Å². The Kier molecular flexibility index (Phi) is 5.17. The van der Waals surface area contributed by atoms with Crippen molar-refractivity contribution in [2.75, 3.05) is 17.2 Å². The van der Waals surface area contributed by atoms with Crippen LogP contribution in [0.25, 0.3) is 0 Å². The second kappa shape index (κ2) is 7.09. The van der Waals surface area contributed by atoms with Gasteiger partial charge in [0, 0.05) is 22.0 Å². The molecule has 2 aromatic rings. The Balaban J connectivity index is 1.91. The minimum absolute atomic E-state index is 0.0162. The highest BCUT2D eigenvalue weighted by Gasteiger charge is 2.05. The van der Waals surface area contributed by atoms with Crippen LogP contribution >= 0.6 is 11.6 Å². The summed E-state index contributed by atoms with van der Waals surface area (Å²) in [6.45, 7) is 3.54. The number of Topliss-reactive ketones (excluding diaryl/α,β-unsaturated/α-hetero) is 1. The van der Waals surface area contributed by atoms with Crippen LogP contribution in [-0.2, 0) is 4.79 Å². The summed E-state index contributed by atoms with van der Waals surface area (Å²) >= 11 is 5.88. The Morgan fingerprint density at radius 1 is 1.09 bits per heavy atom. The Morgan fingerprint density at radius 3 is 2.36 bits per heavy atom. The second-order valence-electron chi connectivity index (χ2n) is 4.99. The third-order valence-corrected chi connectivity index (χ3v) is 3.44. The number of carbonyl (C=O) groups excluding carboxylic acids is 2. The van der Waals surface area contributed by atoms with Gasteiger partial charge in [0.25, 0.3) is 0 Å². The number of amides is 1. The topological polar surface area (TPSA) is 58.2 Å². The number of carbonyl (C=O) groups is 2. The molecule has 5 heteroatoms. The highest BCUT2D eigenvalue weighted by Crippen LogP contribution is 2.19. The lowest BCUT2D eigenvalue weighted by Gasteiger charge is -2.10. The molecule has 0 atom stereocenters. The maximum Gasteiger partial charge on any atom is 0.243 e. The minimum atomic E-state index is -0.152. The van der Waals surface area contributed by atoms with E-state index in [0.717, 1.165) is 16.9 Å². The van der Waals surface area contributed by atoms with Crippen molar-refractivity contribution in [3.63, 3.8) is 0 Å². The first-order valence-corrected chi connectivity index (χ1v) is 7.24. The third-order valence-electron chi connectivity index (χ3n) is 3.21. The van der Waals surface area contributed by atoms with Gasteiger partial charge in [-0.1, -0.05) is 11.6 Å². The Labute approximate surface area is 134 Å². The van der Waals surface area contributed by atoms with Crippen molar-refractivity contribution >= 4 is 34.7 Å². The molecule has 0 unspecified atom stereocenters. The van der Waals surface area contributed by atoms with Crippen LogP contribution in [0.2, 0.25) is 5.02 Å². The minimum Gasteiger partial charge on any atom is -0.376 e. The number of halogens is 1. The van der Waals surface area contributed by atoms with Gasteiger partial charge in [-0.3, -0.25) is 9.59 Å². The van der Waals surface area contributed by atoms with Gasteiger partial charge in [-0.05, 0) is 61.9 Å². The summed E-state index contributed by atoms with van der Waals surface area (Å²) in [5, 5.41) is 6.47. The molecule has 1 amide bonds. The monoisotopic (exact) mass is 316 g/mol. The summed E-state index contributed by atoms with van der Waals surface area (Å²) in [4.78, 5) is 23.1. The van der Waals surface area contributed by atoms with Gasteiger partial charge in [0.15, 0.2) is 5.78 Å². The molecule has 0 bridgehead atoms. The summed E-state index contributed by atoms with van der Waals surface area (Å²) < 4.78 is 0. The first-order chi connectivity index (χ1) is 10.5. The first-order valence-electron chi connectivity index (χ1n) is 6.86. The molecular formula is C17H17ClN2O2. The number of ketones is 1. The molecule has 0 saturated heterocycles. The van der Waals surface area contributed by atoms with Gasteiger partial charge in [-0.2, -0.15) is 0 Å². The van der Waals surface area contributed by atoms with Crippen molar-refractivity contribution < 1.29 is 9.59 Å². The van der Waals surface area contributed by atoms with Gasteiger partial charge in [0.1, 0.15) is 0 Å². The highest BCUT2D eigenvalue weighted by atomic mass is 35.5. The average Bonchev–Trinajstić information content (AvgIpc) is 2.48. The SMILES string of the molecule is CC(=O)c1ccc(NCC(=O)Nc2ccc(Cl)cc2C)cc1. The smallest absolute Gasteiger partial charge is 0.243 e. The fourth-order valence-corrected chi connectivity index (χ4v) is 2.19. The fourth-order valence-electron chi connectivity index (χ4n) is 1.97. The molecule has 0 aliphatic heterocycles. The van der Waals surface area contributed by atoms with Crippen LogP contribution in [0.1, 0.15) is 22.8 Å². The molecule has 0 radical (unpaired) electrons. The van der Waals surface area contributed by atoms with Crippen LogP contribution < -0.4 is 10.6 Å². The third kappa shape index (κ3) is 4.33. The van der Waals surface area contributed by atoms with Gasteiger partial charge < -0.3 is 10.6 Å². The van der Waals surface area contributed by atoms with E-state index in [1.54, 1.807) is 42.5 Å². The van der Waals surface area contributed by atoms with Gasteiger partial charge >= 0.3 is 0 Å². The second-order valence-corrected chi connectivity index (χ2v) is 5.43. The standard InChI is InChI=1S/C17H17ClN2O2/c1-11-9-14(18)5-8-16(11)20-17(22)10-19-15-6-3-13(4-7-15)12(2)21/h3-9,19H,10H2,1-2H3,(H,20,22). The van der Waals surface area contributed by atoms with Crippen molar-refractivity contribution in [2.24, 2.45) is 0 Å². The summed E-state index contributed by atoms with van der Waals surface area (Å²) in [7, 11) is 0. The average molecular weight is 317 g/mol. The summed E-state index contributed by atoms with van der Waals surface area (Å²) in [5.41, 5.74) is 3.08. The van der Waals surface area contributed by atoms with Crippen LogP contribution in [0, 0.1) is 6.92 Å². The molecule has 0 spiro atoms. The van der Waals surface area contributed by atoms with Crippen LogP contribution in [0.15, 0.2) is 42.5 Å². The van der Waals surface area contributed by atoms with E-state index in [1.165, 1.54) is 6.92 Å². The number of rotatable bonds is 5. The largest absolute Gasteiger partial charge is 0.376 e. The lowest BCUT2D eigenvalue weighted by Crippen LogP contribution is -2.22. The van der Waals surface area contributed by atoms with Crippen molar-refractivity contribution in [3.05, 3.63) is 58.6 Å². The zero-order valence-corrected chi connectivity index (χ0v) is 13.2. The van der Waals surface area contributed by atoms with Crippen molar-refractivity contribution in [2.45, 2.75) is 13.8 Å². The van der Waals surface area contributed by atoms with Crippen LogP contribution in [0.3, 0.4) is 0 Å². The first kappa shape index (κ1) is 16.0. The Bertz CT molecular complexity index is 696. The number of nitrogens with one attached hydrogen (secondary N) is 2. The zero-order valence-electron chi connectivity index (χ0n) is 12.4. The van der Waals surface area contributed by atoms with Crippen LogP contribution in [0.5, 0.6) is 0 Å². The summed E-state index contributed by atoms with van der Waals surface area (Å²) in [6.07, 6.45) is 0. The van der Waals surface area contributed by atoms with E-state index in [1.807, 2.05) is 6.92 Å². The van der Waals surface area contributed by atoms with Crippen LogP contribution in [0.4, 0.5) is 11.4 Å². The fraction of sp³-hybridized carbons (Fsp3) is 0.176. The predicted molar refractivity (Wildman–Crippen MR) is 89.8 cm³/mol. The van der Waals surface area contributed by atoms with Gasteiger partial charge in [0.05, 0.1) is 6.54 Å². The molecule has 4 nitrogen and oxygen atoms in total. The van der Waals surface area contributed by atoms with E-state index in [2.05, 4.69) is 10.6 Å². The maximum absolute atomic E-state index is 11.9. The van der Waals surface area contributed by atoms with Crippen molar-refractivity contribution in [1.29, 1.82) is 0 Å². The summed E-state index contributed by atoms with van der Waals surface area (Å²) in [5.74, 6) is -0.136. The molecular weight excluding hydrogens is 300 g/mol. The molecule has 0 aromatic heterocycles. The van der Waals surface area contributed by atoms with Gasteiger partial charge in [-0.15, -0.1) is 0 Å². The molecule has 114 valence electrons. The van der Waals surface area contributed by atoms with E-state index < -0.39 is 0 Å². The van der Waals surface area contributed by atoms with E-state index in [4.69, 9.17) is 11.6 Å². The molecule has 0 fully saturated rings. The van der Waals surface area contributed by atoms with Gasteiger partial charge in [0.2, 0.25) is 5.91 Å². The zero-order chi connectivity index (χ0) is 16.1. The molecule has 22 heavy (non-hydrogen) atoms. The summed E-state index contributed by atoms with van der Waals surface area (Å²) in [6, 6.07) is 12.3. The van der Waals surface area contributed by atoms with E-state index in [0.29, 0.717) is 10.6 Å². The van der Waals surface area contributed by atoms with E-state index in [9.17, 15) is 9.59 Å². The van der Waals surface area contributed by atoms with Gasteiger partial charge in [-0.25, -0.2) is 0 Å². The molecule has 2 rings (SSSR count). The molecule has 2 N–H and O–H groups in total. The molecule has 2 aromatic carbocycles. The van der Waals surface area contributed by atoms with Crippen LogP contribution in [-0.4, -0.2) is 18.2 Å². The molecule has 0 heterocycles. The van der Waals surface area contributed by atoms with E-state index in [-0.39, 0.29) is 18.2 Å². The van der Waals surface area contributed by atoms with Crippen molar-refractivity contribution in [3.8, 4) is 0 Å². The predicted octanol–water partition coefficient (Wildman–Crippen LogP) is 3.90. The maximum atomic E-state index is 11.9. The molecule has 0 aliphatic carbocycles. The Hall–Kier alpha value is -2.33. The highest BCUT2D eigenvalue weighted by molar-refractivity contribution is 6.30. The molecule has 0 saturated carbocycles.